The number of carbonyl (C=O) groups is 7. The molecule has 17 heteroatoms. The van der Waals surface area contributed by atoms with Crippen molar-refractivity contribution in [1.82, 2.24) is 36.1 Å². The third-order valence-electron chi connectivity index (χ3n) is 13.7. The Bertz CT molecular complexity index is 3020. The number of ether oxygens (including phenoxy) is 1. The molecule has 1 aliphatic rings. The Morgan fingerprint density at radius 1 is 0.763 bits per heavy atom. The highest BCUT2D eigenvalue weighted by atomic mass is 16.5. The summed E-state index contributed by atoms with van der Waals surface area (Å²) >= 11 is 0. The van der Waals surface area contributed by atoms with Gasteiger partial charge in [-0.1, -0.05) is 109 Å². The quantitative estimate of drug-likeness (QED) is 0.0476. The zero-order chi connectivity index (χ0) is 55.5. The highest BCUT2D eigenvalue weighted by Crippen LogP contribution is 2.36. The van der Waals surface area contributed by atoms with Crippen molar-refractivity contribution >= 4 is 63.8 Å². The van der Waals surface area contributed by atoms with E-state index < -0.39 is 52.8 Å². The first-order valence-electron chi connectivity index (χ1n) is 25.7. The molecule has 7 amide bonds. The first-order valence-corrected chi connectivity index (χ1v) is 25.7. The van der Waals surface area contributed by atoms with Crippen LogP contribution in [0, 0.1) is 23.2 Å². The zero-order valence-corrected chi connectivity index (χ0v) is 45.6. The molecule has 4 aromatic carbocycles. The number of hydrogen-bond donors (Lipinski definition) is 6. The Hall–Kier alpha value is -7.97. The van der Waals surface area contributed by atoms with E-state index in [1.165, 1.54) is 0 Å². The molecule has 6 N–H and O–H groups in total. The number of hydrogen-bond acceptors (Lipinski definition) is 9. The van der Waals surface area contributed by atoms with E-state index in [1.54, 1.807) is 62.0 Å². The second-order valence-corrected chi connectivity index (χ2v) is 21.2. The van der Waals surface area contributed by atoms with Gasteiger partial charge >= 0.3 is 6.09 Å². The molecule has 3 unspecified atom stereocenters. The Balaban J connectivity index is 0.958. The van der Waals surface area contributed by atoms with Crippen LogP contribution in [0.4, 0.5) is 16.2 Å². The van der Waals surface area contributed by atoms with Crippen LogP contribution in [0.5, 0.6) is 0 Å². The summed E-state index contributed by atoms with van der Waals surface area (Å²) in [6.45, 7) is 15.8. The molecule has 3 atom stereocenters. The molecule has 0 spiro atoms. The number of aromatic nitrogens is 1. The Kier molecular flexibility index (Phi) is 18.9. The van der Waals surface area contributed by atoms with Gasteiger partial charge < -0.3 is 51.0 Å². The molecule has 17 nitrogen and oxygen atoms in total. The van der Waals surface area contributed by atoms with Gasteiger partial charge in [-0.05, 0) is 90.0 Å². The van der Waals surface area contributed by atoms with Gasteiger partial charge in [0.05, 0.1) is 24.8 Å². The largest absolute Gasteiger partial charge is 0.445 e. The predicted octanol–water partition coefficient (Wildman–Crippen LogP) is 6.40. The first kappa shape index (κ1) is 57.3. The molecular weight excluding hydrogens is 963 g/mol. The van der Waals surface area contributed by atoms with Crippen LogP contribution < -0.4 is 36.8 Å². The summed E-state index contributed by atoms with van der Waals surface area (Å²) in [6, 6.07) is 25.2. The van der Waals surface area contributed by atoms with Crippen LogP contribution in [-0.2, 0) is 65.7 Å². The van der Waals surface area contributed by atoms with E-state index in [2.05, 4.69) is 43.7 Å². The summed E-state index contributed by atoms with van der Waals surface area (Å²) in [5.41, 5.74) is 5.62. The average molecular weight is 1040 g/mol. The van der Waals surface area contributed by atoms with Gasteiger partial charge in [-0.25, -0.2) is 4.79 Å². The number of alkyl carbamates (subject to hydrolysis) is 1. The number of rotatable bonds is 20. The number of benzene rings is 4. The fraction of sp³-hybridized carbons (Fsp3) is 0.407. The number of nitrogens with one attached hydrogen (secondary N) is 6. The maximum atomic E-state index is 14.0. The van der Waals surface area contributed by atoms with Gasteiger partial charge in [0.2, 0.25) is 35.4 Å². The number of para-hydroxylation sites is 1. The molecule has 76 heavy (non-hydrogen) atoms. The smallest absolute Gasteiger partial charge is 0.407 e. The normalized spacial score (nSPS) is 13.3. The lowest BCUT2D eigenvalue weighted by molar-refractivity contribution is -0.139. The molecule has 2 heterocycles. The SMILES string of the molecule is CCN(C)C(=O)C(NC(=O)C(NC)C(C)(C)c1cn(C)c2ccc(CNC(=O)OCc3ccc(NC(=O)CNC(=O)C(NC(=O)CCC(=O)N4Cc5ccccc5C#Cc5ccccc54)C(C)C)cc3)cc12)C(C)(C)C. The van der Waals surface area contributed by atoms with Crippen molar-refractivity contribution in [1.29, 1.82) is 0 Å². The second-order valence-electron chi connectivity index (χ2n) is 21.2. The molecule has 6 rings (SSSR count). The summed E-state index contributed by atoms with van der Waals surface area (Å²) in [6.07, 6.45) is 1.13. The molecule has 0 radical (unpaired) electrons. The van der Waals surface area contributed by atoms with Crippen LogP contribution >= 0.6 is 0 Å². The van der Waals surface area contributed by atoms with Gasteiger partial charge in [-0.2, -0.15) is 0 Å². The molecule has 1 aliphatic heterocycles. The fourth-order valence-electron chi connectivity index (χ4n) is 9.17. The van der Waals surface area contributed by atoms with Crippen molar-refractivity contribution in [2.75, 3.05) is 37.4 Å². The standard InChI is InChI=1S/C59H73N9O8/c1-12-66(10)56(74)53(58(4,5)6)65-55(73)52(60-9)59(7,8)45-35-67(11)47-28-23-39(31-44(45)47)32-62-57(75)76-36-38-21-26-43(27-22-38)63-49(70)33-61-54(72)51(37(2)3)64-48(69)29-30-50(71)68-34-42-19-14-13-17-40(42)24-25-41-18-15-16-20-46(41)68/h13-23,26-28,31,35,37,51-53,60H,12,29-30,32-34,36H2,1-11H3,(H,61,72)(H,62,75)(H,63,70)(H,64,69)(H,65,73). The van der Waals surface area contributed by atoms with Gasteiger partial charge in [-0.3, -0.25) is 28.8 Å². The third kappa shape index (κ3) is 14.2. The highest BCUT2D eigenvalue weighted by Gasteiger charge is 2.42. The van der Waals surface area contributed by atoms with Gasteiger partial charge in [0.1, 0.15) is 18.7 Å². The van der Waals surface area contributed by atoms with Crippen molar-refractivity contribution in [3.8, 4) is 11.8 Å². The molecule has 0 bridgehead atoms. The first-order chi connectivity index (χ1) is 36.0. The molecule has 0 fully saturated rings. The Morgan fingerprint density at radius 2 is 1.42 bits per heavy atom. The van der Waals surface area contributed by atoms with Crippen molar-refractivity contribution in [3.05, 3.63) is 131 Å². The molecule has 0 saturated heterocycles. The van der Waals surface area contributed by atoms with E-state index in [-0.39, 0.29) is 56.2 Å². The maximum Gasteiger partial charge on any atom is 0.407 e. The minimum Gasteiger partial charge on any atom is -0.445 e. The summed E-state index contributed by atoms with van der Waals surface area (Å²) in [7, 11) is 5.40. The van der Waals surface area contributed by atoms with E-state index in [1.807, 2.05) is 126 Å². The molecule has 5 aromatic rings. The van der Waals surface area contributed by atoms with E-state index in [4.69, 9.17) is 4.74 Å². The van der Waals surface area contributed by atoms with Crippen molar-refractivity contribution in [3.63, 3.8) is 0 Å². The lowest BCUT2D eigenvalue weighted by atomic mass is 9.76. The Labute approximate surface area is 446 Å². The van der Waals surface area contributed by atoms with Gasteiger partial charge in [-0.15, -0.1) is 0 Å². The second kappa shape index (κ2) is 25.0. The summed E-state index contributed by atoms with van der Waals surface area (Å²) in [4.78, 5) is 96.5. The number of likely N-dealkylation sites (N-methyl/N-ethyl adjacent to an activating group) is 2. The maximum absolute atomic E-state index is 14.0. The topological polar surface area (TPSA) is 212 Å². The van der Waals surface area contributed by atoms with Crippen LogP contribution in [0.1, 0.15) is 102 Å². The van der Waals surface area contributed by atoms with Crippen LogP contribution in [0.15, 0.2) is 97.2 Å². The summed E-state index contributed by atoms with van der Waals surface area (Å²) < 4.78 is 7.51. The zero-order valence-electron chi connectivity index (χ0n) is 45.6. The number of nitrogens with zero attached hydrogens (tertiary/aromatic N) is 3. The molecule has 0 saturated carbocycles. The number of fused-ring (bicyclic) bond motifs is 3. The predicted molar refractivity (Wildman–Crippen MR) is 295 cm³/mol. The molecule has 1 aromatic heterocycles. The minimum absolute atomic E-state index is 0.0392. The van der Waals surface area contributed by atoms with Gasteiger partial charge in [0.25, 0.3) is 0 Å². The minimum atomic E-state index is -0.951. The van der Waals surface area contributed by atoms with Crippen LogP contribution in [-0.4, -0.2) is 96.3 Å². The van der Waals surface area contributed by atoms with E-state index in [0.29, 0.717) is 35.6 Å². The molecular formula is C59H73N9O8. The average Bonchev–Trinajstić information content (AvgIpc) is 3.77. The van der Waals surface area contributed by atoms with Gasteiger partial charge in [0, 0.05) is 79.4 Å². The van der Waals surface area contributed by atoms with Crippen LogP contribution in [0.2, 0.25) is 0 Å². The fourth-order valence-corrected chi connectivity index (χ4v) is 9.17. The number of anilines is 2. The summed E-state index contributed by atoms with van der Waals surface area (Å²) in [5.74, 6) is 3.83. The van der Waals surface area contributed by atoms with E-state index >= 15 is 0 Å². The lowest BCUT2D eigenvalue weighted by Crippen LogP contribution is -2.60. The molecule has 0 aliphatic carbocycles. The number of aryl methyl sites for hydroxylation is 1. The van der Waals surface area contributed by atoms with E-state index in [9.17, 15) is 33.6 Å². The van der Waals surface area contributed by atoms with Crippen LogP contribution in [0.3, 0.4) is 0 Å². The Morgan fingerprint density at radius 3 is 2.09 bits per heavy atom. The van der Waals surface area contributed by atoms with Crippen molar-refractivity contribution < 1.29 is 38.3 Å². The lowest BCUT2D eigenvalue weighted by Gasteiger charge is -2.37. The molecule has 402 valence electrons. The van der Waals surface area contributed by atoms with E-state index in [0.717, 1.165) is 33.2 Å². The summed E-state index contributed by atoms with van der Waals surface area (Å²) in [5, 5.41) is 18.1. The monoisotopic (exact) mass is 1040 g/mol. The third-order valence-corrected chi connectivity index (χ3v) is 13.7. The van der Waals surface area contributed by atoms with Crippen molar-refractivity contribution in [2.24, 2.45) is 18.4 Å². The van der Waals surface area contributed by atoms with Gasteiger partial charge in [0.15, 0.2) is 0 Å². The van der Waals surface area contributed by atoms with Crippen LogP contribution in [0.25, 0.3) is 10.9 Å². The number of carbonyl (C=O) groups excluding carboxylic acids is 7. The van der Waals surface area contributed by atoms with Crippen molar-refractivity contribution in [2.45, 2.75) is 111 Å². The highest BCUT2D eigenvalue weighted by molar-refractivity contribution is 5.99. The number of amides is 7.